The van der Waals surface area contributed by atoms with Crippen molar-refractivity contribution in [2.45, 2.75) is 0 Å². The molecular weight excluding hydrogens is 383 g/mol. The van der Waals surface area contributed by atoms with E-state index in [1.807, 2.05) is 0 Å². The second-order valence-corrected chi connectivity index (χ2v) is 7.76. The monoisotopic (exact) mass is 392 g/mol. The largest absolute Gasteiger partial charge is 0.321 e. The quantitative estimate of drug-likeness (QED) is 0.837. The highest BCUT2D eigenvalue weighted by molar-refractivity contribution is 9.10. The maximum absolute atomic E-state index is 13.5. The van der Waals surface area contributed by atoms with Gasteiger partial charge < -0.3 is 5.32 Å². The first-order valence-corrected chi connectivity index (χ1v) is 9.13. The summed E-state index contributed by atoms with van der Waals surface area (Å²) in [4.78, 5) is 12.4. The van der Waals surface area contributed by atoms with Crippen LogP contribution in [0.4, 0.5) is 15.8 Å². The molecule has 0 saturated heterocycles. The van der Waals surface area contributed by atoms with Gasteiger partial charge in [0, 0.05) is 15.5 Å². The fourth-order valence-corrected chi connectivity index (χ4v) is 3.43. The van der Waals surface area contributed by atoms with Crippen molar-refractivity contribution in [3.05, 3.63) is 44.8 Å². The van der Waals surface area contributed by atoms with Gasteiger partial charge in [-0.15, -0.1) is 11.3 Å². The van der Waals surface area contributed by atoms with Gasteiger partial charge in [-0.05, 0) is 40.2 Å². The molecule has 1 amide bonds. The Labute approximate surface area is 133 Å². The zero-order chi connectivity index (χ0) is 15.6. The second kappa shape index (κ2) is 6.12. The summed E-state index contributed by atoms with van der Waals surface area (Å²) < 4.78 is 38.7. The van der Waals surface area contributed by atoms with Crippen LogP contribution in [0.3, 0.4) is 0 Å². The van der Waals surface area contributed by atoms with E-state index in [1.165, 1.54) is 17.4 Å². The maximum Gasteiger partial charge on any atom is 0.265 e. The van der Waals surface area contributed by atoms with Crippen LogP contribution in [0.15, 0.2) is 34.1 Å². The van der Waals surface area contributed by atoms with E-state index >= 15 is 0 Å². The third-order valence-corrected chi connectivity index (χ3v) is 4.55. The lowest BCUT2D eigenvalue weighted by Crippen LogP contribution is -2.12. The molecule has 0 aliphatic rings. The Balaban J connectivity index is 2.22. The maximum atomic E-state index is 13.5. The Hall–Kier alpha value is -1.45. The third-order valence-electron chi connectivity index (χ3n) is 2.25. The Bertz CT molecular complexity index is 790. The Kier molecular flexibility index (Phi) is 4.64. The van der Waals surface area contributed by atoms with Crippen LogP contribution in [0.5, 0.6) is 0 Å². The Morgan fingerprint density at radius 3 is 2.48 bits per heavy atom. The number of amides is 1. The number of hydrogen-bond donors (Lipinski definition) is 2. The molecule has 1 aromatic heterocycles. The van der Waals surface area contributed by atoms with E-state index in [9.17, 15) is 17.6 Å². The molecule has 1 aromatic carbocycles. The summed E-state index contributed by atoms with van der Waals surface area (Å²) in [7, 11) is -3.52. The molecule has 0 unspecified atom stereocenters. The van der Waals surface area contributed by atoms with Crippen LogP contribution in [-0.4, -0.2) is 20.6 Å². The van der Waals surface area contributed by atoms with Gasteiger partial charge >= 0.3 is 0 Å². The number of thiophene rings is 1. The summed E-state index contributed by atoms with van der Waals surface area (Å²) in [5.74, 6) is -1.06. The van der Waals surface area contributed by atoms with E-state index in [2.05, 4.69) is 26.0 Å². The molecule has 2 rings (SSSR count). The average Bonchev–Trinajstić information content (AvgIpc) is 2.72. The normalized spacial score (nSPS) is 11.2. The smallest absolute Gasteiger partial charge is 0.265 e. The van der Waals surface area contributed by atoms with Gasteiger partial charge in [-0.25, -0.2) is 12.8 Å². The van der Waals surface area contributed by atoms with Crippen molar-refractivity contribution in [2.75, 3.05) is 16.3 Å². The molecule has 0 fully saturated rings. The second-order valence-electron chi connectivity index (χ2n) is 4.19. The first-order chi connectivity index (χ1) is 9.73. The standard InChI is InChI=1S/C12H10BrFN2O3S2/c1-21(18,19)16-10-4-8(14)3-9(5-10)15-12(17)11-2-7(13)6-20-11/h2-6,16H,1H3,(H,15,17). The molecule has 0 spiro atoms. The number of benzene rings is 1. The minimum atomic E-state index is -3.52. The molecule has 0 saturated carbocycles. The van der Waals surface area contributed by atoms with Crippen molar-refractivity contribution in [3.8, 4) is 0 Å². The van der Waals surface area contributed by atoms with Gasteiger partial charge in [-0.3, -0.25) is 9.52 Å². The van der Waals surface area contributed by atoms with Crippen LogP contribution in [0.1, 0.15) is 9.67 Å². The first kappa shape index (κ1) is 15.9. The van der Waals surface area contributed by atoms with Gasteiger partial charge in [-0.1, -0.05) is 0 Å². The summed E-state index contributed by atoms with van der Waals surface area (Å²) in [6.07, 6.45) is 0.958. The highest BCUT2D eigenvalue weighted by Crippen LogP contribution is 2.23. The average molecular weight is 393 g/mol. The number of carbonyl (C=O) groups excluding carboxylic acids is 1. The van der Waals surface area contributed by atoms with Gasteiger partial charge in [0.1, 0.15) is 5.82 Å². The summed E-state index contributed by atoms with van der Waals surface area (Å²) in [6, 6.07) is 5.10. The van der Waals surface area contributed by atoms with Crippen LogP contribution in [0, 0.1) is 5.82 Å². The van der Waals surface area contributed by atoms with E-state index < -0.39 is 21.7 Å². The van der Waals surface area contributed by atoms with Crippen LogP contribution >= 0.6 is 27.3 Å². The number of sulfonamides is 1. The van der Waals surface area contributed by atoms with E-state index in [-0.39, 0.29) is 11.4 Å². The van der Waals surface area contributed by atoms with Gasteiger partial charge in [0.2, 0.25) is 10.0 Å². The van der Waals surface area contributed by atoms with Gasteiger partial charge in [0.05, 0.1) is 16.8 Å². The lowest BCUT2D eigenvalue weighted by atomic mass is 10.2. The lowest BCUT2D eigenvalue weighted by molar-refractivity contribution is 0.103. The van der Waals surface area contributed by atoms with Gasteiger partial charge in [-0.2, -0.15) is 0 Å². The van der Waals surface area contributed by atoms with Crippen molar-refractivity contribution < 1.29 is 17.6 Å². The molecule has 112 valence electrons. The fraction of sp³-hybridized carbons (Fsp3) is 0.0833. The number of anilines is 2. The number of nitrogens with one attached hydrogen (secondary N) is 2. The summed E-state index contributed by atoms with van der Waals surface area (Å²) >= 11 is 4.47. The van der Waals surface area contributed by atoms with E-state index in [4.69, 9.17) is 0 Å². The summed E-state index contributed by atoms with van der Waals surface area (Å²) in [5, 5.41) is 4.26. The summed E-state index contributed by atoms with van der Waals surface area (Å²) in [6.45, 7) is 0. The molecule has 2 N–H and O–H groups in total. The van der Waals surface area contributed by atoms with E-state index in [0.29, 0.717) is 4.88 Å². The summed E-state index contributed by atoms with van der Waals surface area (Å²) in [5.41, 5.74) is 0.204. The SMILES string of the molecule is CS(=O)(=O)Nc1cc(F)cc(NC(=O)c2cc(Br)cs2)c1. The fourth-order valence-electron chi connectivity index (χ4n) is 1.56. The van der Waals surface area contributed by atoms with Gasteiger partial charge in [0.25, 0.3) is 5.91 Å². The number of halogens is 2. The topological polar surface area (TPSA) is 75.3 Å². The van der Waals surface area contributed by atoms with Crippen molar-refractivity contribution in [3.63, 3.8) is 0 Å². The molecular formula is C12H10BrFN2O3S2. The molecule has 0 aliphatic carbocycles. The molecule has 21 heavy (non-hydrogen) atoms. The number of rotatable bonds is 4. The van der Waals surface area contributed by atoms with Crippen molar-refractivity contribution in [1.29, 1.82) is 0 Å². The van der Waals surface area contributed by atoms with Crippen molar-refractivity contribution in [1.82, 2.24) is 0 Å². The van der Waals surface area contributed by atoms with Crippen molar-refractivity contribution >= 4 is 54.6 Å². The minimum absolute atomic E-state index is 0.0418. The number of hydrogen-bond acceptors (Lipinski definition) is 4. The molecule has 2 aromatic rings. The molecule has 0 bridgehead atoms. The van der Waals surface area contributed by atoms with Crippen molar-refractivity contribution in [2.24, 2.45) is 0 Å². The first-order valence-electron chi connectivity index (χ1n) is 5.57. The molecule has 0 aliphatic heterocycles. The van der Waals surface area contributed by atoms with Gasteiger partial charge in [0.15, 0.2) is 0 Å². The van der Waals surface area contributed by atoms with Crippen LogP contribution < -0.4 is 10.0 Å². The Morgan fingerprint density at radius 2 is 1.90 bits per heavy atom. The predicted molar refractivity (Wildman–Crippen MR) is 84.8 cm³/mol. The molecule has 5 nitrogen and oxygen atoms in total. The minimum Gasteiger partial charge on any atom is -0.321 e. The van der Waals surface area contributed by atoms with Crippen LogP contribution in [0.25, 0.3) is 0 Å². The predicted octanol–water partition coefficient (Wildman–Crippen LogP) is 3.27. The number of carbonyl (C=O) groups is 1. The molecule has 0 atom stereocenters. The van der Waals surface area contributed by atoms with E-state index in [1.54, 1.807) is 11.4 Å². The van der Waals surface area contributed by atoms with Crippen LogP contribution in [-0.2, 0) is 10.0 Å². The van der Waals surface area contributed by atoms with E-state index in [0.717, 1.165) is 22.9 Å². The lowest BCUT2D eigenvalue weighted by Gasteiger charge is -2.08. The Morgan fingerprint density at radius 1 is 1.24 bits per heavy atom. The molecule has 0 radical (unpaired) electrons. The zero-order valence-electron chi connectivity index (χ0n) is 10.7. The molecule has 9 heteroatoms. The van der Waals surface area contributed by atoms with Crippen LogP contribution in [0.2, 0.25) is 0 Å². The molecule has 1 heterocycles. The highest BCUT2D eigenvalue weighted by atomic mass is 79.9. The third kappa shape index (κ3) is 4.80. The zero-order valence-corrected chi connectivity index (χ0v) is 13.9. The highest BCUT2D eigenvalue weighted by Gasteiger charge is 2.11.